The molecule has 7 nitrogen and oxygen atoms in total. The van der Waals surface area contributed by atoms with Crippen LogP contribution in [0.15, 0.2) is 0 Å². The minimum Gasteiger partial charge on any atom is -0.481 e. The SMILES string of the molecule is CO[SiH](OC)C(C)CCN[C@@H](CC(=O)O)C(=O)O. The standard InChI is InChI=1S/C10H21NO6Si/c1-7(18(16-2)17-3)4-5-11-8(10(14)15)6-9(12)13/h7-8,11,18H,4-6H2,1-3H3,(H,12,13)(H,14,15)/t7?,8-/m0/s1. The minimum absolute atomic E-state index is 0.215. The van der Waals surface area contributed by atoms with Crippen LogP contribution in [0.25, 0.3) is 0 Å². The maximum absolute atomic E-state index is 10.8. The molecular weight excluding hydrogens is 258 g/mol. The summed E-state index contributed by atoms with van der Waals surface area (Å²) in [6.07, 6.45) is 0.251. The first kappa shape index (κ1) is 17.0. The van der Waals surface area contributed by atoms with Crippen molar-refractivity contribution in [2.75, 3.05) is 20.8 Å². The van der Waals surface area contributed by atoms with Crippen LogP contribution in [0.1, 0.15) is 19.8 Å². The van der Waals surface area contributed by atoms with Gasteiger partial charge in [-0.15, -0.1) is 0 Å². The molecule has 3 N–H and O–H groups in total. The van der Waals surface area contributed by atoms with Gasteiger partial charge in [0.25, 0.3) is 0 Å². The second kappa shape index (κ2) is 9.03. The summed E-state index contributed by atoms with van der Waals surface area (Å²) in [5.41, 5.74) is 0.215. The van der Waals surface area contributed by atoms with Crippen LogP contribution in [-0.2, 0) is 18.4 Å². The van der Waals surface area contributed by atoms with Crippen molar-refractivity contribution in [2.45, 2.75) is 31.3 Å². The van der Waals surface area contributed by atoms with E-state index in [1.54, 1.807) is 14.2 Å². The zero-order valence-corrected chi connectivity index (χ0v) is 12.0. The van der Waals surface area contributed by atoms with E-state index < -0.39 is 33.7 Å². The van der Waals surface area contributed by atoms with Crippen molar-refractivity contribution in [3.8, 4) is 0 Å². The van der Waals surface area contributed by atoms with Gasteiger partial charge in [-0.3, -0.25) is 9.59 Å². The van der Waals surface area contributed by atoms with E-state index in [4.69, 9.17) is 19.1 Å². The van der Waals surface area contributed by atoms with Crippen LogP contribution < -0.4 is 5.32 Å². The number of hydrogen-bond acceptors (Lipinski definition) is 5. The fourth-order valence-electron chi connectivity index (χ4n) is 1.60. The predicted octanol–water partition coefficient (Wildman–Crippen LogP) is -0.203. The lowest BCUT2D eigenvalue weighted by Gasteiger charge is -2.19. The molecule has 0 aromatic heterocycles. The van der Waals surface area contributed by atoms with Gasteiger partial charge in [0.15, 0.2) is 0 Å². The van der Waals surface area contributed by atoms with Gasteiger partial charge in [-0.1, -0.05) is 6.92 Å². The zero-order valence-electron chi connectivity index (χ0n) is 10.9. The Kier molecular flexibility index (Phi) is 8.55. The van der Waals surface area contributed by atoms with Gasteiger partial charge in [0, 0.05) is 14.2 Å². The number of carboxylic acids is 2. The van der Waals surface area contributed by atoms with Crippen LogP contribution in [0, 0.1) is 0 Å². The summed E-state index contributed by atoms with van der Waals surface area (Å²) in [6.45, 7) is 2.39. The fourth-order valence-corrected chi connectivity index (χ4v) is 3.16. The van der Waals surface area contributed by atoms with Gasteiger partial charge in [0.05, 0.1) is 6.42 Å². The molecule has 0 bridgehead atoms. The summed E-state index contributed by atoms with van der Waals surface area (Å²) in [5.74, 6) is -2.29. The quantitative estimate of drug-likeness (QED) is 0.475. The van der Waals surface area contributed by atoms with E-state index in [-0.39, 0.29) is 5.54 Å². The second-order valence-electron chi connectivity index (χ2n) is 4.05. The highest BCUT2D eigenvalue weighted by Gasteiger charge is 2.22. The van der Waals surface area contributed by atoms with E-state index in [9.17, 15) is 9.59 Å². The van der Waals surface area contributed by atoms with Crippen LogP contribution >= 0.6 is 0 Å². The molecular formula is C10H21NO6Si. The van der Waals surface area contributed by atoms with E-state index in [2.05, 4.69) is 5.32 Å². The Morgan fingerprint density at radius 2 is 1.83 bits per heavy atom. The molecule has 0 aromatic carbocycles. The molecule has 1 unspecified atom stereocenters. The van der Waals surface area contributed by atoms with Gasteiger partial charge < -0.3 is 24.4 Å². The third-order valence-corrected chi connectivity index (χ3v) is 4.79. The van der Waals surface area contributed by atoms with E-state index in [0.29, 0.717) is 13.0 Å². The Labute approximate surface area is 108 Å². The predicted molar refractivity (Wildman–Crippen MR) is 66.9 cm³/mol. The molecule has 0 fully saturated rings. The average Bonchev–Trinajstić information content (AvgIpc) is 2.28. The zero-order chi connectivity index (χ0) is 14.1. The van der Waals surface area contributed by atoms with E-state index in [1.807, 2.05) is 6.92 Å². The van der Waals surface area contributed by atoms with Crippen molar-refractivity contribution in [1.82, 2.24) is 5.32 Å². The van der Waals surface area contributed by atoms with Crippen LogP contribution in [0.2, 0.25) is 5.54 Å². The second-order valence-corrected chi connectivity index (χ2v) is 6.87. The van der Waals surface area contributed by atoms with Crippen molar-refractivity contribution in [3.63, 3.8) is 0 Å². The highest BCUT2D eigenvalue weighted by Crippen LogP contribution is 2.14. The van der Waals surface area contributed by atoms with Gasteiger partial charge in [0.2, 0.25) is 0 Å². The Morgan fingerprint density at radius 1 is 1.28 bits per heavy atom. The van der Waals surface area contributed by atoms with Gasteiger partial charge in [-0.25, -0.2) is 0 Å². The lowest BCUT2D eigenvalue weighted by atomic mass is 10.2. The maximum atomic E-state index is 10.8. The third kappa shape index (κ3) is 6.69. The smallest absolute Gasteiger partial charge is 0.323 e. The highest BCUT2D eigenvalue weighted by atomic mass is 28.3. The summed E-state index contributed by atoms with van der Waals surface area (Å²) in [7, 11) is 1.48. The Morgan fingerprint density at radius 3 is 2.22 bits per heavy atom. The largest absolute Gasteiger partial charge is 0.481 e. The summed E-state index contributed by atoms with van der Waals surface area (Å²) >= 11 is 0. The number of aliphatic carboxylic acids is 2. The Hall–Kier alpha value is -0.963. The molecule has 0 saturated heterocycles. The van der Waals surface area contributed by atoms with Gasteiger partial charge in [-0.2, -0.15) is 0 Å². The summed E-state index contributed by atoms with van der Waals surface area (Å²) in [5, 5.41) is 20.1. The van der Waals surface area contributed by atoms with Crippen molar-refractivity contribution < 1.29 is 28.7 Å². The molecule has 18 heavy (non-hydrogen) atoms. The monoisotopic (exact) mass is 279 g/mol. The topological polar surface area (TPSA) is 105 Å². The lowest BCUT2D eigenvalue weighted by molar-refractivity contribution is -0.145. The molecule has 0 aliphatic rings. The van der Waals surface area contributed by atoms with Crippen LogP contribution in [0.4, 0.5) is 0 Å². The number of nitrogens with one attached hydrogen (secondary N) is 1. The Bertz CT molecular complexity index is 271. The fraction of sp³-hybridized carbons (Fsp3) is 0.800. The van der Waals surface area contributed by atoms with Gasteiger partial charge in [0.1, 0.15) is 6.04 Å². The van der Waals surface area contributed by atoms with E-state index in [1.165, 1.54) is 0 Å². The molecule has 106 valence electrons. The minimum atomic E-state index is -1.71. The first-order valence-electron chi connectivity index (χ1n) is 5.66. The van der Waals surface area contributed by atoms with Gasteiger partial charge >= 0.3 is 21.2 Å². The van der Waals surface area contributed by atoms with Crippen molar-refractivity contribution in [3.05, 3.63) is 0 Å². The molecule has 8 heteroatoms. The molecule has 0 radical (unpaired) electrons. The molecule has 0 aromatic rings. The molecule has 0 spiro atoms. The summed E-state index contributed by atoms with van der Waals surface area (Å²) < 4.78 is 10.4. The van der Waals surface area contributed by atoms with E-state index in [0.717, 1.165) is 0 Å². The Balaban J connectivity index is 4.05. The third-order valence-electron chi connectivity index (χ3n) is 2.60. The highest BCUT2D eigenvalue weighted by molar-refractivity contribution is 6.46. The van der Waals surface area contributed by atoms with Gasteiger partial charge in [-0.05, 0) is 18.5 Å². The van der Waals surface area contributed by atoms with Crippen molar-refractivity contribution in [1.29, 1.82) is 0 Å². The molecule has 0 heterocycles. The maximum Gasteiger partial charge on any atom is 0.323 e. The van der Waals surface area contributed by atoms with Crippen molar-refractivity contribution in [2.24, 2.45) is 0 Å². The number of carbonyl (C=O) groups is 2. The number of rotatable bonds is 10. The molecule has 0 amide bonds. The molecule has 0 aliphatic carbocycles. The summed E-state index contributed by atoms with van der Waals surface area (Å²) in [6, 6.07) is -1.06. The van der Waals surface area contributed by atoms with Crippen LogP contribution in [0.3, 0.4) is 0 Å². The van der Waals surface area contributed by atoms with E-state index >= 15 is 0 Å². The first-order valence-corrected chi connectivity index (χ1v) is 7.26. The molecule has 0 aliphatic heterocycles. The number of carboxylic acid groups (broad SMARTS) is 2. The van der Waals surface area contributed by atoms with Crippen LogP contribution in [0.5, 0.6) is 0 Å². The first-order chi connectivity index (χ1) is 8.42. The van der Waals surface area contributed by atoms with Crippen LogP contribution in [-0.4, -0.2) is 58.2 Å². The number of hydrogen-bond donors (Lipinski definition) is 3. The molecule has 0 rings (SSSR count). The van der Waals surface area contributed by atoms with Crippen molar-refractivity contribution >= 4 is 21.2 Å². The average molecular weight is 279 g/mol. The summed E-state index contributed by atoms with van der Waals surface area (Å²) in [4.78, 5) is 21.3. The lowest BCUT2D eigenvalue weighted by Crippen LogP contribution is -2.40. The molecule has 2 atom stereocenters. The normalized spacial score (nSPS) is 14.4. The molecule has 0 saturated carbocycles.